The number of rotatable bonds is 3. The largest absolute Gasteiger partial charge is 0.495 e. The van der Waals surface area contributed by atoms with Gasteiger partial charge in [0, 0.05) is 11.8 Å². The first-order valence-corrected chi connectivity index (χ1v) is 5.08. The summed E-state index contributed by atoms with van der Waals surface area (Å²) in [6, 6.07) is 1.69. The molecular weight excluding hydrogens is 192 g/mol. The molecule has 2 rings (SSSR count). The van der Waals surface area contributed by atoms with E-state index in [4.69, 9.17) is 4.74 Å². The number of aromatic nitrogens is 1. The SMILES string of the molecule is COc1cncc(C(=O)C2CCCN2)c1. The molecule has 1 saturated heterocycles. The minimum Gasteiger partial charge on any atom is -0.495 e. The molecule has 1 aliphatic heterocycles. The second-order valence-electron chi connectivity index (χ2n) is 3.63. The summed E-state index contributed by atoms with van der Waals surface area (Å²) in [5.74, 6) is 0.734. The molecule has 15 heavy (non-hydrogen) atoms. The maximum Gasteiger partial charge on any atom is 0.181 e. The molecule has 1 atom stereocenters. The Balaban J connectivity index is 2.17. The van der Waals surface area contributed by atoms with Crippen molar-refractivity contribution < 1.29 is 9.53 Å². The lowest BCUT2D eigenvalue weighted by Crippen LogP contribution is -2.30. The minimum atomic E-state index is -0.0427. The number of methoxy groups -OCH3 is 1. The Morgan fingerprint density at radius 3 is 3.13 bits per heavy atom. The van der Waals surface area contributed by atoms with Crippen LogP contribution in [0.3, 0.4) is 0 Å². The summed E-state index contributed by atoms with van der Waals surface area (Å²) in [4.78, 5) is 15.9. The Hall–Kier alpha value is -1.42. The number of carbonyl (C=O) groups is 1. The second kappa shape index (κ2) is 4.40. The van der Waals surface area contributed by atoms with Crippen LogP contribution in [0.4, 0.5) is 0 Å². The van der Waals surface area contributed by atoms with Crippen LogP contribution in [0.25, 0.3) is 0 Å². The summed E-state index contributed by atoms with van der Waals surface area (Å²) in [6.07, 6.45) is 5.16. The van der Waals surface area contributed by atoms with Gasteiger partial charge in [-0.25, -0.2) is 0 Å². The summed E-state index contributed by atoms with van der Waals surface area (Å²) < 4.78 is 5.03. The molecule has 0 aromatic carbocycles. The van der Waals surface area contributed by atoms with Gasteiger partial charge in [-0.2, -0.15) is 0 Å². The van der Waals surface area contributed by atoms with Crippen molar-refractivity contribution in [3.63, 3.8) is 0 Å². The van der Waals surface area contributed by atoms with Crippen molar-refractivity contribution in [3.05, 3.63) is 24.0 Å². The van der Waals surface area contributed by atoms with E-state index in [0.29, 0.717) is 11.3 Å². The van der Waals surface area contributed by atoms with Gasteiger partial charge in [0.2, 0.25) is 0 Å². The molecule has 80 valence electrons. The molecule has 1 aliphatic rings. The number of hydrogen-bond donors (Lipinski definition) is 1. The van der Waals surface area contributed by atoms with Crippen LogP contribution in [-0.4, -0.2) is 30.5 Å². The quantitative estimate of drug-likeness (QED) is 0.750. The van der Waals surface area contributed by atoms with E-state index in [1.165, 1.54) is 0 Å². The molecule has 0 aliphatic carbocycles. The first kappa shape index (κ1) is 10.1. The van der Waals surface area contributed by atoms with Crippen LogP contribution in [-0.2, 0) is 0 Å². The van der Waals surface area contributed by atoms with Gasteiger partial charge < -0.3 is 10.1 Å². The average molecular weight is 206 g/mol. The number of ketones is 1. The highest BCUT2D eigenvalue weighted by Crippen LogP contribution is 2.15. The summed E-state index contributed by atoms with van der Waals surface area (Å²) in [6.45, 7) is 0.924. The maximum atomic E-state index is 12.0. The maximum absolute atomic E-state index is 12.0. The van der Waals surface area contributed by atoms with E-state index in [2.05, 4.69) is 10.3 Å². The number of nitrogens with one attached hydrogen (secondary N) is 1. The van der Waals surface area contributed by atoms with Gasteiger partial charge in [0.1, 0.15) is 5.75 Å². The van der Waals surface area contributed by atoms with E-state index in [1.54, 1.807) is 25.6 Å². The fraction of sp³-hybridized carbons (Fsp3) is 0.455. The van der Waals surface area contributed by atoms with Gasteiger partial charge in [-0.15, -0.1) is 0 Å². The van der Waals surface area contributed by atoms with E-state index in [0.717, 1.165) is 19.4 Å². The molecule has 2 heterocycles. The zero-order valence-corrected chi connectivity index (χ0v) is 8.69. The molecule has 0 bridgehead atoms. The van der Waals surface area contributed by atoms with E-state index < -0.39 is 0 Å². The van der Waals surface area contributed by atoms with E-state index in [9.17, 15) is 4.79 Å². The zero-order valence-electron chi connectivity index (χ0n) is 8.69. The molecule has 1 aromatic rings. The number of Topliss-reactive ketones (excluding diaryl/α,β-unsaturated/α-hetero) is 1. The van der Waals surface area contributed by atoms with Gasteiger partial charge in [-0.1, -0.05) is 0 Å². The van der Waals surface area contributed by atoms with Crippen LogP contribution in [0.1, 0.15) is 23.2 Å². The van der Waals surface area contributed by atoms with Crippen molar-refractivity contribution in [1.82, 2.24) is 10.3 Å². The molecule has 4 nitrogen and oxygen atoms in total. The van der Waals surface area contributed by atoms with Crippen molar-refractivity contribution in [2.45, 2.75) is 18.9 Å². The van der Waals surface area contributed by atoms with Crippen molar-refractivity contribution in [1.29, 1.82) is 0 Å². The highest BCUT2D eigenvalue weighted by Gasteiger charge is 2.23. The number of ether oxygens (including phenoxy) is 1. The number of carbonyl (C=O) groups excluding carboxylic acids is 1. The van der Waals surface area contributed by atoms with Crippen LogP contribution in [0.15, 0.2) is 18.5 Å². The molecule has 1 N–H and O–H groups in total. The number of nitrogens with zero attached hydrogens (tertiary/aromatic N) is 1. The van der Waals surface area contributed by atoms with Crippen molar-refractivity contribution in [3.8, 4) is 5.75 Å². The second-order valence-corrected chi connectivity index (χ2v) is 3.63. The molecule has 0 amide bonds. The normalized spacial score (nSPS) is 20.2. The molecule has 0 radical (unpaired) electrons. The van der Waals surface area contributed by atoms with Crippen LogP contribution in [0.2, 0.25) is 0 Å². The monoisotopic (exact) mass is 206 g/mol. The summed E-state index contributed by atoms with van der Waals surface area (Å²) in [7, 11) is 1.57. The van der Waals surface area contributed by atoms with Crippen molar-refractivity contribution in [2.24, 2.45) is 0 Å². The zero-order chi connectivity index (χ0) is 10.7. The standard InChI is InChI=1S/C11H14N2O2/c1-15-9-5-8(6-12-7-9)11(14)10-3-2-4-13-10/h5-7,10,13H,2-4H2,1H3. The van der Waals surface area contributed by atoms with E-state index in [-0.39, 0.29) is 11.8 Å². The van der Waals surface area contributed by atoms with E-state index in [1.807, 2.05) is 0 Å². The minimum absolute atomic E-state index is 0.0427. The molecule has 1 aromatic heterocycles. The third-order valence-corrected chi connectivity index (χ3v) is 2.61. The summed E-state index contributed by atoms with van der Waals surface area (Å²) in [5, 5.41) is 3.17. The Bertz CT molecular complexity index is 359. The van der Waals surface area contributed by atoms with Crippen LogP contribution in [0, 0.1) is 0 Å². The molecular formula is C11H14N2O2. The average Bonchev–Trinajstić information content (AvgIpc) is 2.81. The predicted molar refractivity (Wildman–Crippen MR) is 56.1 cm³/mol. The lowest BCUT2D eigenvalue weighted by molar-refractivity contribution is 0.0951. The third kappa shape index (κ3) is 2.15. The molecule has 0 saturated carbocycles. The van der Waals surface area contributed by atoms with Crippen LogP contribution in [0.5, 0.6) is 5.75 Å². The lowest BCUT2D eigenvalue weighted by Gasteiger charge is -2.09. The fourth-order valence-corrected chi connectivity index (χ4v) is 1.77. The lowest BCUT2D eigenvalue weighted by atomic mass is 10.0. The predicted octanol–water partition coefficient (Wildman–Crippen LogP) is 1.02. The Labute approximate surface area is 88.7 Å². The summed E-state index contributed by atoms with van der Waals surface area (Å²) in [5.41, 5.74) is 0.619. The number of pyridine rings is 1. The van der Waals surface area contributed by atoms with Crippen LogP contribution < -0.4 is 10.1 Å². The highest BCUT2D eigenvalue weighted by atomic mass is 16.5. The van der Waals surface area contributed by atoms with Crippen molar-refractivity contribution >= 4 is 5.78 Å². The molecule has 1 unspecified atom stereocenters. The Morgan fingerprint density at radius 1 is 1.60 bits per heavy atom. The fourth-order valence-electron chi connectivity index (χ4n) is 1.77. The van der Waals surface area contributed by atoms with Gasteiger partial charge in [-0.05, 0) is 25.5 Å². The molecule has 4 heteroatoms. The van der Waals surface area contributed by atoms with Gasteiger partial charge in [0.05, 0.1) is 19.3 Å². The van der Waals surface area contributed by atoms with Gasteiger partial charge in [0.25, 0.3) is 0 Å². The first-order valence-electron chi connectivity index (χ1n) is 5.08. The van der Waals surface area contributed by atoms with E-state index >= 15 is 0 Å². The van der Waals surface area contributed by atoms with Crippen LogP contribution >= 0.6 is 0 Å². The number of hydrogen-bond acceptors (Lipinski definition) is 4. The smallest absolute Gasteiger partial charge is 0.181 e. The Kier molecular flexibility index (Phi) is 2.97. The van der Waals surface area contributed by atoms with Gasteiger partial charge in [-0.3, -0.25) is 9.78 Å². The third-order valence-electron chi connectivity index (χ3n) is 2.61. The summed E-state index contributed by atoms with van der Waals surface area (Å²) >= 11 is 0. The van der Waals surface area contributed by atoms with Gasteiger partial charge >= 0.3 is 0 Å². The van der Waals surface area contributed by atoms with Gasteiger partial charge in [0.15, 0.2) is 5.78 Å². The van der Waals surface area contributed by atoms with Crippen molar-refractivity contribution in [2.75, 3.05) is 13.7 Å². The first-order chi connectivity index (χ1) is 7.31. The topological polar surface area (TPSA) is 51.2 Å². The highest BCUT2D eigenvalue weighted by molar-refractivity contribution is 6.00. The molecule has 0 spiro atoms. The Morgan fingerprint density at radius 2 is 2.47 bits per heavy atom. The molecule has 1 fully saturated rings.